The summed E-state index contributed by atoms with van der Waals surface area (Å²) in [7, 11) is 0. The number of carbonyl (C=O) groups is 1. The first-order chi connectivity index (χ1) is 13.1. The molecule has 3 aromatic heterocycles. The van der Waals surface area contributed by atoms with Crippen molar-refractivity contribution >= 4 is 34.4 Å². The number of benzene rings is 1. The molecule has 3 heterocycles. The lowest BCUT2D eigenvalue weighted by atomic mass is 10.0. The van der Waals surface area contributed by atoms with Gasteiger partial charge in [0.2, 0.25) is 5.95 Å². The van der Waals surface area contributed by atoms with Crippen molar-refractivity contribution < 1.29 is 9.53 Å². The van der Waals surface area contributed by atoms with Crippen LogP contribution in [0, 0.1) is 6.92 Å². The molecule has 0 saturated heterocycles. The van der Waals surface area contributed by atoms with Gasteiger partial charge in [-0.1, -0.05) is 6.07 Å². The van der Waals surface area contributed by atoms with Crippen molar-refractivity contribution in [2.45, 2.75) is 13.8 Å². The van der Waals surface area contributed by atoms with E-state index in [4.69, 9.17) is 4.74 Å². The summed E-state index contributed by atoms with van der Waals surface area (Å²) in [6, 6.07) is 7.92. The van der Waals surface area contributed by atoms with E-state index in [2.05, 4.69) is 25.3 Å². The van der Waals surface area contributed by atoms with Crippen LogP contribution in [0.15, 0.2) is 42.0 Å². The Morgan fingerprint density at radius 1 is 1.30 bits per heavy atom. The van der Waals surface area contributed by atoms with Gasteiger partial charge in [-0.3, -0.25) is 10.3 Å². The van der Waals surface area contributed by atoms with E-state index in [1.165, 1.54) is 0 Å². The molecule has 0 spiro atoms. The monoisotopic (exact) mass is 379 g/mol. The van der Waals surface area contributed by atoms with Crippen LogP contribution in [0.4, 0.5) is 10.7 Å². The normalized spacial score (nSPS) is 10.9. The van der Waals surface area contributed by atoms with Crippen molar-refractivity contribution in [1.29, 1.82) is 0 Å². The SMILES string of the molecule is CCOC(=O)Nc1nc2c(-c3csc(C)n3)cc(-c3cccnc3)cc2[nH]1. The lowest BCUT2D eigenvalue weighted by molar-refractivity contribution is 0.167. The Balaban J connectivity index is 1.86. The topological polar surface area (TPSA) is 92.8 Å². The highest BCUT2D eigenvalue weighted by atomic mass is 32.1. The summed E-state index contributed by atoms with van der Waals surface area (Å²) in [5, 5.41) is 5.60. The zero-order chi connectivity index (χ0) is 18.8. The van der Waals surface area contributed by atoms with E-state index in [1.54, 1.807) is 24.5 Å². The third-order valence-electron chi connectivity index (χ3n) is 3.97. The minimum absolute atomic E-state index is 0.292. The molecule has 2 N–H and O–H groups in total. The third-order valence-corrected chi connectivity index (χ3v) is 4.75. The maximum Gasteiger partial charge on any atom is 0.413 e. The standard InChI is InChI=1S/C19H17N5O2S/c1-3-26-19(25)24-18-22-15-8-13(12-5-4-6-20-9-12)7-14(17(15)23-18)16-10-27-11(2)21-16/h4-10H,3H2,1-2H3,(H2,22,23,24,25). The molecule has 7 nitrogen and oxygen atoms in total. The predicted octanol–water partition coefficient (Wildman–Crippen LogP) is 4.63. The van der Waals surface area contributed by atoms with Crippen molar-refractivity contribution in [3.63, 3.8) is 0 Å². The van der Waals surface area contributed by atoms with Gasteiger partial charge in [-0.05, 0) is 37.6 Å². The number of carbonyl (C=O) groups excluding carboxylic acids is 1. The Morgan fingerprint density at radius 3 is 2.89 bits per heavy atom. The van der Waals surface area contributed by atoms with Gasteiger partial charge in [-0.2, -0.15) is 0 Å². The summed E-state index contributed by atoms with van der Waals surface area (Å²) in [4.78, 5) is 28.2. The molecule has 0 aliphatic heterocycles. The molecule has 1 amide bonds. The number of H-pyrrole nitrogens is 1. The van der Waals surface area contributed by atoms with Crippen LogP contribution in [0.3, 0.4) is 0 Å². The van der Waals surface area contributed by atoms with Crippen molar-refractivity contribution in [2.75, 3.05) is 11.9 Å². The number of ether oxygens (including phenoxy) is 1. The summed E-state index contributed by atoms with van der Waals surface area (Å²) in [6.07, 6.45) is 3.01. The van der Waals surface area contributed by atoms with Crippen molar-refractivity contribution in [1.82, 2.24) is 19.9 Å². The van der Waals surface area contributed by atoms with Gasteiger partial charge in [0, 0.05) is 28.9 Å². The summed E-state index contributed by atoms with van der Waals surface area (Å²) >= 11 is 1.58. The highest BCUT2D eigenvalue weighted by Gasteiger charge is 2.15. The number of imidazole rings is 1. The molecule has 4 rings (SSSR count). The predicted molar refractivity (Wildman–Crippen MR) is 106 cm³/mol. The van der Waals surface area contributed by atoms with Crippen LogP contribution in [0.5, 0.6) is 0 Å². The molecule has 4 aromatic rings. The van der Waals surface area contributed by atoms with Gasteiger partial charge >= 0.3 is 6.09 Å². The number of pyridine rings is 1. The number of fused-ring (bicyclic) bond motifs is 1. The summed E-state index contributed by atoms with van der Waals surface area (Å²) in [5.74, 6) is 0.333. The van der Waals surface area contributed by atoms with E-state index < -0.39 is 6.09 Å². The minimum atomic E-state index is -0.546. The smallest absolute Gasteiger partial charge is 0.413 e. The number of thiazole rings is 1. The third kappa shape index (κ3) is 3.52. The molecular formula is C19H17N5O2S. The number of nitrogens with one attached hydrogen (secondary N) is 2. The Bertz CT molecular complexity index is 1100. The fourth-order valence-corrected chi connectivity index (χ4v) is 3.44. The molecule has 0 fully saturated rings. The van der Waals surface area contributed by atoms with E-state index in [1.807, 2.05) is 42.8 Å². The Hall–Kier alpha value is -3.26. The molecule has 0 bridgehead atoms. The van der Waals surface area contributed by atoms with Crippen molar-refractivity contribution in [3.05, 3.63) is 47.0 Å². The highest BCUT2D eigenvalue weighted by Crippen LogP contribution is 2.34. The van der Waals surface area contributed by atoms with E-state index in [0.717, 1.165) is 38.4 Å². The van der Waals surface area contributed by atoms with Crippen LogP contribution in [-0.2, 0) is 4.74 Å². The summed E-state index contributed by atoms with van der Waals surface area (Å²) < 4.78 is 4.92. The molecule has 0 saturated carbocycles. The molecule has 1 aromatic carbocycles. The molecular weight excluding hydrogens is 362 g/mol. The van der Waals surface area contributed by atoms with Gasteiger partial charge < -0.3 is 9.72 Å². The van der Waals surface area contributed by atoms with Gasteiger partial charge in [0.15, 0.2) is 0 Å². The van der Waals surface area contributed by atoms with E-state index in [-0.39, 0.29) is 0 Å². The summed E-state index contributed by atoms with van der Waals surface area (Å²) in [5.41, 5.74) is 5.25. The van der Waals surface area contributed by atoms with E-state index >= 15 is 0 Å². The maximum absolute atomic E-state index is 11.7. The van der Waals surface area contributed by atoms with Crippen LogP contribution < -0.4 is 5.32 Å². The van der Waals surface area contributed by atoms with Gasteiger partial charge in [-0.15, -0.1) is 11.3 Å². The zero-order valence-electron chi connectivity index (χ0n) is 14.8. The largest absolute Gasteiger partial charge is 0.450 e. The number of anilines is 1. The van der Waals surface area contributed by atoms with Crippen LogP contribution >= 0.6 is 11.3 Å². The summed E-state index contributed by atoms with van der Waals surface area (Å²) in [6.45, 7) is 4.01. The van der Waals surface area contributed by atoms with Crippen LogP contribution in [0.2, 0.25) is 0 Å². The molecule has 8 heteroatoms. The van der Waals surface area contributed by atoms with E-state index in [0.29, 0.717) is 12.6 Å². The van der Waals surface area contributed by atoms with Crippen molar-refractivity contribution in [3.8, 4) is 22.4 Å². The number of rotatable bonds is 4. The number of aromatic nitrogens is 4. The first kappa shape index (κ1) is 17.2. The Kier molecular flexibility index (Phi) is 4.55. The average Bonchev–Trinajstić information content (AvgIpc) is 3.27. The average molecular weight is 379 g/mol. The number of hydrogen-bond acceptors (Lipinski definition) is 6. The first-order valence-corrected chi connectivity index (χ1v) is 9.32. The zero-order valence-corrected chi connectivity index (χ0v) is 15.6. The molecule has 0 aliphatic carbocycles. The van der Waals surface area contributed by atoms with E-state index in [9.17, 15) is 4.79 Å². The highest BCUT2D eigenvalue weighted by molar-refractivity contribution is 7.09. The second kappa shape index (κ2) is 7.16. The fourth-order valence-electron chi connectivity index (χ4n) is 2.82. The fraction of sp³-hybridized carbons (Fsp3) is 0.158. The lowest BCUT2D eigenvalue weighted by Gasteiger charge is -2.05. The Labute approximate surface area is 159 Å². The van der Waals surface area contributed by atoms with Gasteiger partial charge in [0.05, 0.1) is 28.3 Å². The number of aryl methyl sites for hydroxylation is 1. The molecule has 0 unspecified atom stereocenters. The maximum atomic E-state index is 11.7. The van der Waals surface area contributed by atoms with Gasteiger partial charge in [0.1, 0.15) is 0 Å². The van der Waals surface area contributed by atoms with Gasteiger partial charge in [-0.25, -0.2) is 14.8 Å². The van der Waals surface area contributed by atoms with Gasteiger partial charge in [0.25, 0.3) is 0 Å². The lowest BCUT2D eigenvalue weighted by Crippen LogP contribution is -2.14. The number of hydrogen-bond donors (Lipinski definition) is 2. The quantitative estimate of drug-likeness (QED) is 0.539. The molecule has 136 valence electrons. The minimum Gasteiger partial charge on any atom is -0.450 e. The second-order valence-corrected chi connectivity index (χ2v) is 6.91. The number of nitrogens with zero attached hydrogens (tertiary/aromatic N) is 3. The van der Waals surface area contributed by atoms with Crippen LogP contribution in [0.1, 0.15) is 11.9 Å². The Morgan fingerprint density at radius 2 is 2.19 bits per heavy atom. The molecule has 0 radical (unpaired) electrons. The van der Waals surface area contributed by atoms with Crippen molar-refractivity contribution in [2.24, 2.45) is 0 Å². The molecule has 0 atom stereocenters. The van der Waals surface area contributed by atoms with Crippen LogP contribution in [0.25, 0.3) is 33.4 Å². The van der Waals surface area contributed by atoms with Crippen LogP contribution in [-0.4, -0.2) is 32.6 Å². The molecule has 27 heavy (non-hydrogen) atoms. The second-order valence-electron chi connectivity index (χ2n) is 5.84. The number of aromatic amines is 1. The molecule has 0 aliphatic rings. The number of amides is 1. The first-order valence-electron chi connectivity index (χ1n) is 8.44.